The van der Waals surface area contributed by atoms with Crippen molar-refractivity contribution in [2.45, 2.75) is 190 Å². The zero-order valence-electron chi connectivity index (χ0n) is 42.2. The molecule has 1 aliphatic rings. The van der Waals surface area contributed by atoms with Crippen LogP contribution in [0.3, 0.4) is 0 Å². The fraction of sp³-hybridized carbons (Fsp3) is 0.660. The Morgan fingerprint density at radius 1 is 0.658 bits per heavy atom. The first-order valence-electron chi connectivity index (χ1n) is 25.1. The van der Waals surface area contributed by atoms with Gasteiger partial charge in [-0.15, -0.1) is 11.8 Å². The van der Waals surface area contributed by atoms with Crippen molar-refractivity contribution in [2.24, 2.45) is 5.73 Å². The second kappa shape index (κ2) is 40.2. The van der Waals surface area contributed by atoms with E-state index in [1.165, 1.54) is 6.42 Å². The molecule has 1 aliphatic carbocycles. The van der Waals surface area contributed by atoms with Crippen LogP contribution in [-0.2, 0) is 46.6 Å². The van der Waals surface area contributed by atoms with Crippen molar-refractivity contribution in [2.75, 3.05) is 19.0 Å². The molecule has 1 saturated carbocycles. The highest BCUT2D eigenvalue weighted by atomic mass is 32.2. The Balaban J connectivity index is 3.05. The van der Waals surface area contributed by atoms with Crippen LogP contribution in [-0.4, -0.2) is 142 Å². The summed E-state index contributed by atoms with van der Waals surface area (Å²) >= 11 is 1.07. The summed E-state index contributed by atoms with van der Waals surface area (Å²) < 4.78 is 49.9. The van der Waals surface area contributed by atoms with Gasteiger partial charge in [-0.1, -0.05) is 131 Å². The number of esters is 2. The molecule has 23 heteroatoms. The molecule has 1 fully saturated rings. The standard InChI is InChI=1S/C50H83NO19P2S/c1-3-5-7-9-11-13-15-17-18-19-21-23-25-27-29-34-43(55)66-35-38(36-67-72(64,65)70-49-47(59)45(57)44(56)46(58)48(49)69-71(61,62)63)68-50(60)39(51)37-73-41(40(52)31-30-33-42(53)54)32-28-26-24-22-20-16-14-12-10-8-6-4-2/h5,7,11-14,17-18,20,22,24,26,28,32,38-41,44-49,52,56-59H,3-4,6,8-10,15-16,19,21,23,25,27,29-31,33-37,51H2,1-2H3,(H,53,54)(H,64,65)(H2,61,62,63)/b7-5-,13-11-,14-12-,18-17-,22-20-,26-24+,32-28+/t38-,39+,40+,41-,44+,45+,46-,47-,48-,49+/m1/s1. The molecule has 0 heterocycles. The zero-order valence-corrected chi connectivity index (χ0v) is 44.8. The second-order valence-electron chi connectivity index (χ2n) is 17.4. The lowest BCUT2D eigenvalue weighted by molar-refractivity contribution is -0.216. The van der Waals surface area contributed by atoms with Gasteiger partial charge in [0.25, 0.3) is 0 Å². The SMILES string of the molecule is CC/C=C\C/C=C\C/C=C\CCCCCCCC(=O)OC[C@H](COP(=O)(O)O[C@H]1[C@H](O)[C@@H](O)[C@H](O)[C@@H](O)[C@H]1OP(=O)(O)O)OC(=O)[C@@H](N)CS[C@H](/C=C/C=C/C=C\C/C=C\CCCCC)[C@@H](O)CCCC(=O)O. The lowest BCUT2D eigenvalue weighted by atomic mass is 9.85. The molecule has 0 spiro atoms. The number of hydrogen-bond donors (Lipinski definition) is 10. The van der Waals surface area contributed by atoms with Gasteiger partial charge in [-0.05, 0) is 70.6 Å². The predicted molar refractivity (Wildman–Crippen MR) is 279 cm³/mol. The van der Waals surface area contributed by atoms with Crippen LogP contribution in [0.1, 0.15) is 129 Å². The van der Waals surface area contributed by atoms with E-state index in [0.717, 1.165) is 88.8 Å². The molecule has 1 unspecified atom stereocenters. The average molecular weight is 1100 g/mol. The molecule has 418 valence electrons. The maximum Gasteiger partial charge on any atom is 0.472 e. The van der Waals surface area contributed by atoms with Crippen molar-refractivity contribution in [3.8, 4) is 0 Å². The average Bonchev–Trinajstić information content (AvgIpc) is 3.33. The molecule has 20 nitrogen and oxygen atoms in total. The van der Waals surface area contributed by atoms with Crippen molar-refractivity contribution in [3.63, 3.8) is 0 Å². The Hall–Kier alpha value is -3.08. The van der Waals surface area contributed by atoms with Gasteiger partial charge < -0.3 is 60.5 Å². The van der Waals surface area contributed by atoms with E-state index in [4.69, 9.17) is 29.4 Å². The molecule has 73 heavy (non-hydrogen) atoms. The second-order valence-corrected chi connectivity index (χ2v) is 21.2. The summed E-state index contributed by atoms with van der Waals surface area (Å²) in [6.07, 6.45) is 24.2. The summed E-state index contributed by atoms with van der Waals surface area (Å²) in [6, 6.07) is -1.40. The third-order valence-corrected chi connectivity index (χ3v) is 13.9. The highest BCUT2D eigenvalue weighted by Gasteiger charge is 2.54. The molecule has 0 bridgehead atoms. The molecule has 0 aromatic carbocycles. The Bertz CT molecular complexity index is 1850. The van der Waals surface area contributed by atoms with E-state index < -0.39 is 107 Å². The first kappa shape index (κ1) is 67.9. The minimum absolute atomic E-state index is 0.0122. The molecule has 0 amide bonds. The zero-order chi connectivity index (χ0) is 54.5. The van der Waals surface area contributed by atoms with Crippen LogP contribution in [0.25, 0.3) is 0 Å². The minimum atomic E-state index is -5.53. The van der Waals surface area contributed by atoms with Gasteiger partial charge in [0.15, 0.2) is 6.10 Å². The number of carboxylic acid groups (broad SMARTS) is 1. The van der Waals surface area contributed by atoms with Gasteiger partial charge >= 0.3 is 33.6 Å². The highest BCUT2D eigenvalue weighted by molar-refractivity contribution is 8.00. The molecular weight excluding hydrogens is 1010 g/mol. The van der Waals surface area contributed by atoms with Gasteiger partial charge in [0.1, 0.15) is 49.3 Å². The number of unbranched alkanes of at least 4 members (excludes halogenated alkanes) is 8. The number of phosphoric ester groups is 2. The number of thioether (sulfide) groups is 1. The van der Waals surface area contributed by atoms with Crippen LogP contribution in [0.4, 0.5) is 0 Å². The number of rotatable bonds is 41. The molecule has 0 aliphatic heterocycles. The Labute approximate surface area is 435 Å². The van der Waals surface area contributed by atoms with Crippen LogP contribution in [0, 0.1) is 0 Å². The van der Waals surface area contributed by atoms with Crippen LogP contribution in [0.15, 0.2) is 85.1 Å². The number of aliphatic hydroxyl groups is 5. The smallest absolute Gasteiger partial charge is 0.472 e. The van der Waals surface area contributed by atoms with Crippen LogP contribution in [0.2, 0.25) is 0 Å². The Morgan fingerprint density at radius 3 is 1.84 bits per heavy atom. The molecule has 0 aromatic heterocycles. The number of aliphatic carboxylic acids is 1. The molecular formula is C50H83NO19P2S. The summed E-state index contributed by atoms with van der Waals surface area (Å²) in [4.78, 5) is 66.7. The largest absolute Gasteiger partial charge is 0.481 e. The Morgan fingerprint density at radius 2 is 1.22 bits per heavy atom. The maximum atomic E-state index is 13.4. The van der Waals surface area contributed by atoms with Gasteiger partial charge in [-0.2, -0.15) is 0 Å². The molecule has 0 aromatic rings. The molecule has 0 saturated heterocycles. The lowest BCUT2D eigenvalue weighted by Gasteiger charge is -2.43. The van der Waals surface area contributed by atoms with Gasteiger partial charge in [0.2, 0.25) is 0 Å². The summed E-state index contributed by atoms with van der Waals surface area (Å²) in [6.45, 7) is 2.48. The van der Waals surface area contributed by atoms with E-state index in [9.17, 15) is 63.7 Å². The summed E-state index contributed by atoms with van der Waals surface area (Å²) in [5.41, 5.74) is 6.21. The number of carbonyl (C=O) groups excluding carboxylic acids is 2. The quantitative estimate of drug-likeness (QED) is 0.00999. The minimum Gasteiger partial charge on any atom is -0.481 e. The number of ether oxygens (including phenoxy) is 2. The van der Waals surface area contributed by atoms with Crippen LogP contribution >= 0.6 is 27.4 Å². The Kier molecular flexibility index (Phi) is 37.4. The maximum absolute atomic E-state index is 13.4. The fourth-order valence-electron chi connectivity index (χ4n) is 6.93. The van der Waals surface area contributed by atoms with Crippen molar-refractivity contribution in [1.29, 1.82) is 0 Å². The third kappa shape index (κ3) is 33.5. The van der Waals surface area contributed by atoms with E-state index in [2.05, 4.69) is 67.0 Å². The van der Waals surface area contributed by atoms with Crippen molar-refractivity contribution >= 4 is 45.3 Å². The summed E-state index contributed by atoms with van der Waals surface area (Å²) in [7, 11) is -11.0. The number of nitrogens with two attached hydrogens (primary N) is 1. The number of hydrogen-bond acceptors (Lipinski definition) is 17. The van der Waals surface area contributed by atoms with Crippen molar-refractivity contribution in [1.82, 2.24) is 0 Å². The normalized spacial score (nSPS) is 22.6. The van der Waals surface area contributed by atoms with E-state index >= 15 is 0 Å². The summed E-state index contributed by atoms with van der Waals surface area (Å²) in [5, 5.41) is 60.6. The van der Waals surface area contributed by atoms with Gasteiger partial charge in [-0.25, -0.2) is 9.13 Å². The van der Waals surface area contributed by atoms with Gasteiger partial charge in [-0.3, -0.25) is 28.0 Å². The topological polar surface area (TPSA) is 340 Å². The third-order valence-electron chi connectivity index (χ3n) is 11.0. The van der Waals surface area contributed by atoms with E-state index in [0.29, 0.717) is 6.42 Å². The number of phosphoric acid groups is 2. The van der Waals surface area contributed by atoms with E-state index in [1.807, 2.05) is 12.2 Å². The lowest BCUT2D eigenvalue weighted by Crippen LogP contribution is -2.64. The number of aliphatic hydroxyl groups excluding tert-OH is 5. The van der Waals surface area contributed by atoms with Crippen molar-refractivity contribution < 1.29 is 91.9 Å². The summed E-state index contributed by atoms with van der Waals surface area (Å²) in [5.74, 6) is -2.98. The van der Waals surface area contributed by atoms with Crippen LogP contribution in [0.5, 0.6) is 0 Å². The first-order valence-corrected chi connectivity index (χ1v) is 29.1. The molecule has 0 radical (unpaired) electrons. The highest BCUT2D eigenvalue weighted by Crippen LogP contribution is 2.50. The number of carbonyl (C=O) groups is 3. The molecule has 11 atom stereocenters. The predicted octanol–water partition coefficient (Wildman–Crippen LogP) is 6.71. The fourth-order valence-corrected chi connectivity index (χ4v) is 9.58. The molecule has 1 rings (SSSR count). The van der Waals surface area contributed by atoms with E-state index in [-0.39, 0.29) is 31.4 Å². The number of carboxylic acids is 1. The monoisotopic (exact) mass is 1100 g/mol. The first-order chi connectivity index (χ1) is 34.7. The van der Waals surface area contributed by atoms with E-state index in [1.54, 1.807) is 24.3 Å². The van der Waals surface area contributed by atoms with Crippen LogP contribution < -0.4 is 5.73 Å². The van der Waals surface area contributed by atoms with Crippen molar-refractivity contribution in [3.05, 3.63) is 85.1 Å². The molecule has 11 N–H and O–H groups in total. The van der Waals surface area contributed by atoms with Gasteiger partial charge in [0, 0.05) is 23.8 Å². The number of allylic oxidation sites excluding steroid dienone is 13. The van der Waals surface area contributed by atoms with Gasteiger partial charge in [0.05, 0.1) is 12.7 Å².